The average molecular weight is 385 g/mol. The van der Waals surface area contributed by atoms with Crippen molar-refractivity contribution in [2.45, 2.75) is 25.3 Å². The van der Waals surface area contributed by atoms with E-state index in [1.165, 1.54) is 31.2 Å². The summed E-state index contributed by atoms with van der Waals surface area (Å²) < 4.78 is 28.7. The van der Waals surface area contributed by atoms with E-state index < -0.39 is 15.9 Å². The summed E-state index contributed by atoms with van der Waals surface area (Å²) >= 11 is 0. The molecule has 0 aliphatic rings. The molecule has 0 saturated heterocycles. The maximum atomic E-state index is 12.4. The van der Waals surface area contributed by atoms with Crippen LogP contribution in [-0.4, -0.2) is 24.8 Å². The summed E-state index contributed by atoms with van der Waals surface area (Å²) in [4.78, 5) is 23.3. The van der Waals surface area contributed by atoms with Crippen molar-refractivity contribution in [3.63, 3.8) is 0 Å². The van der Waals surface area contributed by atoms with Crippen LogP contribution in [0.3, 0.4) is 0 Å². The van der Waals surface area contributed by atoms with Crippen LogP contribution in [0.1, 0.15) is 12.6 Å². The highest BCUT2D eigenvalue weighted by atomic mass is 32.2. The van der Waals surface area contributed by atoms with Gasteiger partial charge in [-0.3, -0.25) is 9.59 Å². The van der Waals surface area contributed by atoms with E-state index in [4.69, 9.17) is 0 Å². The minimum atomic E-state index is -4.00. The van der Waals surface area contributed by atoms with Crippen molar-refractivity contribution in [1.29, 1.82) is 0 Å². The van der Waals surface area contributed by atoms with E-state index in [9.17, 15) is 18.0 Å². The number of carbonyl (C=O) groups excluding carboxylic acids is 2. The van der Waals surface area contributed by atoms with Gasteiger partial charge in [-0.05, 0) is 48.7 Å². The minimum Gasteiger partial charge on any atom is -0.335 e. The number of benzene rings is 2. The lowest BCUT2D eigenvalue weighted by atomic mass is 10.2. The molecule has 3 rings (SSSR count). The number of fused-ring (bicyclic) bond motifs is 1. The molecule has 0 atom stereocenters. The zero-order valence-electron chi connectivity index (χ0n) is 14.9. The van der Waals surface area contributed by atoms with Crippen LogP contribution in [0, 0.1) is 6.92 Å². The summed E-state index contributed by atoms with van der Waals surface area (Å²) in [7, 11) is -4.00. The van der Waals surface area contributed by atoms with Gasteiger partial charge in [-0.2, -0.15) is 0 Å². The highest BCUT2D eigenvalue weighted by Gasteiger charge is 2.19. The van der Waals surface area contributed by atoms with E-state index in [0.29, 0.717) is 5.69 Å². The van der Waals surface area contributed by atoms with Gasteiger partial charge < -0.3 is 9.88 Å². The Labute approximate surface area is 157 Å². The molecule has 0 aliphatic carbocycles. The van der Waals surface area contributed by atoms with Crippen LogP contribution in [0.25, 0.3) is 10.9 Å². The van der Waals surface area contributed by atoms with Crippen molar-refractivity contribution in [2.24, 2.45) is 0 Å². The number of aryl methyl sites for hydroxylation is 1. The summed E-state index contributed by atoms with van der Waals surface area (Å²) in [6.45, 7) is 3.11. The summed E-state index contributed by atoms with van der Waals surface area (Å²) in [5, 5.41) is 3.54. The van der Waals surface area contributed by atoms with Gasteiger partial charge in [-0.1, -0.05) is 18.2 Å². The Morgan fingerprint density at radius 3 is 2.37 bits per heavy atom. The molecule has 7 nitrogen and oxygen atoms in total. The van der Waals surface area contributed by atoms with Crippen LogP contribution in [-0.2, 0) is 26.2 Å². The molecule has 27 heavy (non-hydrogen) atoms. The first-order valence-corrected chi connectivity index (χ1v) is 9.73. The van der Waals surface area contributed by atoms with Crippen LogP contribution in [0.5, 0.6) is 0 Å². The van der Waals surface area contributed by atoms with Gasteiger partial charge in [-0.25, -0.2) is 13.1 Å². The van der Waals surface area contributed by atoms with Crippen molar-refractivity contribution >= 4 is 38.4 Å². The standard InChI is InChI=1S/C19H19N3O4S/c1-13-11-15-5-3-4-6-18(15)22(13)12-19(24)21-27(25,26)17-9-7-16(8-10-17)20-14(2)23/h3-11H,12H2,1-2H3,(H,20,23)(H,21,24). The zero-order chi connectivity index (χ0) is 19.6. The molecule has 2 amide bonds. The third-order valence-corrected chi connectivity index (χ3v) is 5.44. The summed E-state index contributed by atoms with van der Waals surface area (Å²) in [5.41, 5.74) is 2.20. The molecule has 0 unspecified atom stereocenters. The topological polar surface area (TPSA) is 97.3 Å². The molecule has 0 fully saturated rings. The molecule has 2 N–H and O–H groups in total. The number of sulfonamides is 1. The molecule has 140 valence electrons. The number of aromatic nitrogens is 1. The van der Waals surface area contributed by atoms with Gasteiger partial charge in [0.15, 0.2) is 0 Å². The number of anilines is 1. The lowest BCUT2D eigenvalue weighted by molar-refractivity contribution is -0.120. The smallest absolute Gasteiger partial charge is 0.264 e. The number of rotatable bonds is 5. The number of carbonyl (C=O) groups is 2. The zero-order valence-corrected chi connectivity index (χ0v) is 15.7. The molecular formula is C19H19N3O4S. The minimum absolute atomic E-state index is 0.0564. The average Bonchev–Trinajstić information content (AvgIpc) is 2.90. The first-order chi connectivity index (χ1) is 12.8. The fourth-order valence-corrected chi connectivity index (χ4v) is 3.84. The van der Waals surface area contributed by atoms with Gasteiger partial charge in [0, 0.05) is 23.8 Å². The molecule has 3 aromatic rings. The van der Waals surface area contributed by atoms with Crippen LogP contribution >= 0.6 is 0 Å². The largest absolute Gasteiger partial charge is 0.335 e. The van der Waals surface area contributed by atoms with Gasteiger partial charge in [-0.15, -0.1) is 0 Å². The van der Waals surface area contributed by atoms with E-state index in [1.54, 1.807) is 4.57 Å². The third kappa shape index (κ3) is 4.17. The second-order valence-electron chi connectivity index (χ2n) is 6.16. The van der Waals surface area contributed by atoms with Crippen molar-refractivity contribution in [3.05, 3.63) is 60.3 Å². The van der Waals surface area contributed by atoms with E-state index in [0.717, 1.165) is 16.6 Å². The van der Waals surface area contributed by atoms with E-state index in [2.05, 4.69) is 10.0 Å². The second kappa shape index (κ2) is 7.24. The van der Waals surface area contributed by atoms with Crippen LogP contribution < -0.4 is 10.0 Å². The first kappa shape index (κ1) is 18.7. The number of para-hydroxylation sites is 1. The maximum absolute atomic E-state index is 12.4. The summed E-state index contributed by atoms with van der Waals surface area (Å²) in [6.07, 6.45) is 0. The Morgan fingerprint density at radius 2 is 1.70 bits per heavy atom. The van der Waals surface area contributed by atoms with Crippen LogP contribution in [0.15, 0.2) is 59.5 Å². The van der Waals surface area contributed by atoms with E-state index in [1.807, 2.05) is 37.3 Å². The molecular weight excluding hydrogens is 366 g/mol. The Bertz CT molecular complexity index is 1120. The number of hydrogen-bond donors (Lipinski definition) is 2. The van der Waals surface area contributed by atoms with Crippen LogP contribution in [0.4, 0.5) is 5.69 Å². The second-order valence-corrected chi connectivity index (χ2v) is 7.85. The normalized spacial score (nSPS) is 11.3. The van der Waals surface area contributed by atoms with Gasteiger partial charge in [0.05, 0.1) is 4.90 Å². The Morgan fingerprint density at radius 1 is 1.04 bits per heavy atom. The van der Waals surface area contributed by atoms with Crippen molar-refractivity contribution in [2.75, 3.05) is 5.32 Å². The van der Waals surface area contributed by atoms with Crippen LogP contribution in [0.2, 0.25) is 0 Å². The van der Waals surface area contributed by atoms with Gasteiger partial charge in [0.25, 0.3) is 15.9 Å². The predicted octanol–water partition coefficient (Wildman–Crippen LogP) is 2.41. The SMILES string of the molecule is CC(=O)Nc1ccc(S(=O)(=O)NC(=O)Cn2c(C)cc3ccccc32)cc1. The molecule has 0 radical (unpaired) electrons. The fraction of sp³-hybridized carbons (Fsp3) is 0.158. The lowest BCUT2D eigenvalue weighted by Crippen LogP contribution is -2.33. The highest BCUT2D eigenvalue weighted by Crippen LogP contribution is 2.19. The molecule has 1 aromatic heterocycles. The first-order valence-electron chi connectivity index (χ1n) is 8.24. The lowest BCUT2D eigenvalue weighted by Gasteiger charge is -2.10. The highest BCUT2D eigenvalue weighted by molar-refractivity contribution is 7.90. The van der Waals surface area contributed by atoms with E-state index >= 15 is 0 Å². The monoisotopic (exact) mass is 385 g/mol. The molecule has 0 saturated carbocycles. The molecule has 8 heteroatoms. The predicted molar refractivity (Wildman–Crippen MR) is 103 cm³/mol. The number of nitrogens with one attached hydrogen (secondary N) is 2. The summed E-state index contributed by atoms with van der Waals surface area (Å²) in [5.74, 6) is -0.890. The summed E-state index contributed by atoms with van der Waals surface area (Å²) in [6, 6.07) is 15.1. The van der Waals surface area contributed by atoms with Gasteiger partial charge in [0.2, 0.25) is 5.91 Å². The molecule has 0 bridgehead atoms. The molecule has 0 spiro atoms. The third-order valence-electron chi connectivity index (χ3n) is 4.05. The fourth-order valence-electron chi connectivity index (χ4n) is 2.86. The Hall–Kier alpha value is -3.13. The Kier molecular flexibility index (Phi) is 5.00. The maximum Gasteiger partial charge on any atom is 0.264 e. The van der Waals surface area contributed by atoms with Crippen molar-refractivity contribution < 1.29 is 18.0 Å². The number of amides is 2. The van der Waals surface area contributed by atoms with Crippen molar-refractivity contribution in [3.8, 4) is 0 Å². The van der Waals surface area contributed by atoms with Crippen molar-refractivity contribution in [1.82, 2.24) is 9.29 Å². The number of nitrogens with zero attached hydrogens (tertiary/aromatic N) is 1. The van der Waals surface area contributed by atoms with Gasteiger partial charge >= 0.3 is 0 Å². The quantitative estimate of drug-likeness (QED) is 0.705. The number of hydrogen-bond acceptors (Lipinski definition) is 4. The van der Waals surface area contributed by atoms with E-state index in [-0.39, 0.29) is 17.3 Å². The molecule has 2 aromatic carbocycles. The molecule has 1 heterocycles. The van der Waals surface area contributed by atoms with Gasteiger partial charge in [0.1, 0.15) is 6.54 Å². The molecule has 0 aliphatic heterocycles. The Balaban J connectivity index is 1.76.